The lowest BCUT2D eigenvalue weighted by molar-refractivity contribution is -0.169. The number of hydrogen-bond donors (Lipinski definition) is 0. The maximum atomic E-state index is 12.8. The molecular formula is C10H8F4O. The van der Waals surface area contributed by atoms with Crippen LogP contribution in [-0.2, 0) is 4.74 Å². The first-order valence-electron chi connectivity index (χ1n) is 4.09. The van der Waals surface area contributed by atoms with Gasteiger partial charge >= 0.3 is 6.18 Å². The summed E-state index contributed by atoms with van der Waals surface area (Å²) in [5.41, 5.74) is 0.442. The molecule has 0 bridgehead atoms. The summed E-state index contributed by atoms with van der Waals surface area (Å²) in [4.78, 5) is 0. The number of hydrogen-bond acceptors (Lipinski definition) is 1. The zero-order chi connectivity index (χ0) is 11.3. The number of alkyl halides is 3. The van der Waals surface area contributed by atoms with Crippen LogP contribution in [0.2, 0.25) is 0 Å². The number of benzene rings is 1. The quantitative estimate of drug-likeness (QED) is 0.559. The van der Waals surface area contributed by atoms with E-state index in [0.717, 1.165) is 6.08 Å². The molecule has 0 heterocycles. The van der Waals surface area contributed by atoms with E-state index in [9.17, 15) is 17.6 Å². The first kappa shape index (κ1) is 11.6. The lowest BCUT2D eigenvalue weighted by Crippen LogP contribution is -2.15. The molecule has 0 aliphatic heterocycles. The fourth-order valence-corrected chi connectivity index (χ4v) is 0.873. The molecule has 0 radical (unpaired) electrons. The molecule has 0 amide bonds. The molecule has 0 spiro atoms. The second-order valence-corrected chi connectivity index (χ2v) is 2.76. The van der Waals surface area contributed by atoms with Gasteiger partial charge in [0.2, 0.25) is 0 Å². The van der Waals surface area contributed by atoms with Gasteiger partial charge in [0.1, 0.15) is 0 Å². The molecule has 0 unspecified atom stereocenters. The van der Waals surface area contributed by atoms with Gasteiger partial charge in [-0.1, -0.05) is 30.3 Å². The van der Waals surface area contributed by atoms with E-state index in [4.69, 9.17) is 0 Å². The molecule has 1 aromatic carbocycles. The minimum atomic E-state index is -4.53. The molecule has 1 aromatic rings. The Hall–Kier alpha value is -1.52. The lowest BCUT2D eigenvalue weighted by atomic mass is 10.2. The van der Waals surface area contributed by atoms with Gasteiger partial charge in [0.15, 0.2) is 6.61 Å². The van der Waals surface area contributed by atoms with Crippen molar-refractivity contribution in [2.75, 3.05) is 6.61 Å². The highest BCUT2D eigenvalue weighted by molar-refractivity contribution is 5.49. The van der Waals surface area contributed by atoms with E-state index in [1.807, 2.05) is 0 Å². The van der Waals surface area contributed by atoms with Gasteiger partial charge in [-0.15, -0.1) is 0 Å². The number of ether oxygens (including phenoxy) is 1. The monoisotopic (exact) mass is 220 g/mol. The normalized spacial score (nSPS) is 12.7. The van der Waals surface area contributed by atoms with Crippen LogP contribution in [0.4, 0.5) is 17.6 Å². The smallest absolute Gasteiger partial charge is 0.422 e. The van der Waals surface area contributed by atoms with Crippen LogP contribution in [0.5, 0.6) is 0 Å². The Morgan fingerprint density at radius 2 is 1.80 bits per heavy atom. The standard InChI is InChI=1S/C10H8F4O/c11-9(15-7-10(12,13)14)6-8-4-2-1-3-5-8/h1-6H,7H2. The first-order valence-corrected chi connectivity index (χ1v) is 4.09. The van der Waals surface area contributed by atoms with Crippen LogP contribution in [0.3, 0.4) is 0 Å². The summed E-state index contributed by atoms with van der Waals surface area (Å²) in [6.07, 6.45) is -3.63. The van der Waals surface area contributed by atoms with Crippen LogP contribution in [0.25, 0.3) is 6.08 Å². The van der Waals surface area contributed by atoms with E-state index in [2.05, 4.69) is 4.74 Å². The van der Waals surface area contributed by atoms with Crippen LogP contribution in [0.1, 0.15) is 5.56 Å². The van der Waals surface area contributed by atoms with Crippen LogP contribution in [0.15, 0.2) is 36.3 Å². The summed E-state index contributed by atoms with van der Waals surface area (Å²) in [7, 11) is 0. The summed E-state index contributed by atoms with van der Waals surface area (Å²) < 4.78 is 51.5. The zero-order valence-corrected chi connectivity index (χ0v) is 7.59. The van der Waals surface area contributed by atoms with Crippen molar-refractivity contribution in [1.29, 1.82) is 0 Å². The van der Waals surface area contributed by atoms with E-state index in [-0.39, 0.29) is 0 Å². The fraction of sp³-hybridized carbons (Fsp3) is 0.200. The van der Waals surface area contributed by atoms with Crippen LogP contribution in [-0.4, -0.2) is 12.8 Å². The van der Waals surface area contributed by atoms with Gasteiger partial charge in [-0.25, -0.2) is 0 Å². The molecule has 15 heavy (non-hydrogen) atoms. The summed E-state index contributed by atoms with van der Waals surface area (Å²) in [6.45, 7) is -1.62. The van der Waals surface area contributed by atoms with Crippen molar-refractivity contribution < 1.29 is 22.3 Å². The van der Waals surface area contributed by atoms with Crippen molar-refractivity contribution in [2.45, 2.75) is 6.18 Å². The molecule has 0 atom stereocenters. The second-order valence-electron chi connectivity index (χ2n) is 2.76. The minimum Gasteiger partial charge on any atom is -0.461 e. The van der Waals surface area contributed by atoms with E-state index >= 15 is 0 Å². The number of rotatable bonds is 3. The highest BCUT2D eigenvalue weighted by atomic mass is 19.4. The van der Waals surface area contributed by atoms with Crippen LogP contribution in [0, 0.1) is 0 Å². The van der Waals surface area contributed by atoms with E-state index in [0.29, 0.717) is 5.56 Å². The third-order valence-electron chi connectivity index (χ3n) is 1.45. The molecule has 0 saturated heterocycles. The third kappa shape index (κ3) is 5.05. The predicted octanol–water partition coefficient (Wildman–Crippen LogP) is 3.53. The molecule has 0 N–H and O–H groups in total. The summed E-state index contributed by atoms with van der Waals surface area (Å²) in [5.74, 6) is 0. The largest absolute Gasteiger partial charge is 0.461 e. The van der Waals surface area contributed by atoms with E-state index < -0.39 is 18.8 Å². The Morgan fingerprint density at radius 1 is 1.20 bits per heavy atom. The molecule has 82 valence electrons. The van der Waals surface area contributed by atoms with Crippen molar-refractivity contribution in [3.05, 3.63) is 41.9 Å². The zero-order valence-electron chi connectivity index (χ0n) is 7.59. The fourth-order valence-electron chi connectivity index (χ4n) is 0.873. The van der Waals surface area contributed by atoms with Crippen molar-refractivity contribution in [3.63, 3.8) is 0 Å². The van der Waals surface area contributed by atoms with Gasteiger partial charge in [-0.05, 0) is 5.56 Å². The Labute approximate surface area is 84.0 Å². The Kier molecular flexibility index (Phi) is 3.71. The Morgan fingerprint density at radius 3 is 2.33 bits per heavy atom. The lowest BCUT2D eigenvalue weighted by Gasteiger charge is -2.06. The third-order valence-corrected chi connectivity index (χ3v) is 1.45. The van der Waals surface area contributed by atoms with Gasteiger partial charge in [-0.2, -0.15) is 17.6 Å². The van der Waals surface area contributed by atoms with Crippen LogP contribution < -0.4 is 0 Å². The van der Waals surface area contributed by atoms with Gasteiger partial charge in [-0.3, -0.25) is 0 Å². The second kappa shape index (κ2) is 4.82. The predicted molar refractivity (Wildman–Crippen MR) is 47.5 cm³/mol. The average molecular weight is 220 g/mol. The van der Waals surface area contributed by atoms with Gasteiger partial charge in [0.25, 0.3) is 6.01 Å². The maximum absolute atomic E-state index is 12.8. The first-order chi connectivity index (χ1) is 6.97. The molecule has 0 aliphatic rings. The summed E-state index contributed by atoms with van der Waals surface area (Å²) in [5, 5.41) is 0. The Balaban J connectivity index is 2.54. The summed E-state index contributed by atoms with van der Waals surface area (Å²) in [6, 6.07) is 6.85. The Bertz CT molecular complexity index is 329. The highest BCUT2D eigenvalue weighted by Crippen LogP contribution is 2.17. The van der Waals surface area contributed by atoms with Crippen molar-refractivity contribution in [2.24, 2.45) is 0 Å². The molecule has 0 aromatic heterocycles. The molecular weight excluding hydrogens is 212 g/mol. The summed E-state index contributed by atoms with van der Waals surface area (Å²) >= 11 is 0. The van der Waals surface area contributed by atoms with Crippen molar-refractivity contribution in [1.82, 2.24) is 0 Å². The highest BCUT2D eigenvalue weighted by Gasteiger charge is 2.28. The van der Waals surface area contributed by atoms with Crippen molar-refractivity contribution in [3.8, 4) is 0 Å². The SMILES string of the molecule is FC(=Cc1ccccc1)OCC(F)(F)F. The molecule has 5 heteroatoms. The molecule has 1 nitrogen and oxygen atoms in total. The molecule has 0 fully saturated rings. The van der Waals surface area contributed by atoms with E-state index in [1.165, 1.54) is 0 Å². The van der Waals surface area contributed by atoms with Crippen LogP contribution >= 0.6 is 0 Å². The molecule has 1 rings (SSSR count). The topological polar surface area (TPSA) is 9.23 Å². The van der Waals surface area contributed by atoms with Crippen molar-refractivity contribution >= 4 is 6.08 Å². The number of halogens is 4. The van der Waals surface area contributed by atoms with Gasteiger partial charge in [0.05, 0.1) is 0 Å². The van der Waals surface area contributed by atoms with E-state index in [1.54, 1.807) is 30.3 Å². The average Bonchev–Trinajstić information content (AvgIpc) is 2.15. The molecule has 0 aliphatic carbocycles. The van der Waals surface area contributed by atoms with Gasteiger partial charge in [0, 0.05) is 6.08 Å². The minimum absolute atomic E-state index is 0.442. The molecule has 0 saturated carbocycles. The van der Waals surface area contributed by atoms with Gasteiger partial charge < -0.3 is 4.74 Å². The maximum Gasteiger partial charge on any atom is 0.422 e.